The van der Waals surface area contributed by atoms with Gasteiger partial charge < -0.3 is 15.7 Å². The van der Waals surface area contributed by atoms with E-state index >= 15 is 0 Å². The Kier molecular flexibility index (Phi) is 3.66. The van der Waals surface area contributed by atoms with Crippen molar-refractivity contribution >= 4 is 5.69 Å². The third-order valence-corrected chi connectivity index (χ3v) is 4.14. The van der Waals surface area contributed by atoms with Crippen LogP contribution in [-0.2, 0) is 12.0 Å². The van der Waals surface area contributed by atoms with E-state index in [1.165, 1.54) is 12.1 Å². The van der Waals surface area contributed by atoms with Gasteiger partial charge in [0.25, 0.3) is 0 Å². The van der Waals surface area contributed by atoms with Crippen molar-refractivity contribution < 1.29 is 9.50 Å². The molecular weight excluding hydrogens is 267 g/mol. The first-order valence-corrected chi connectivity index (χ1v) is 7.14. The summed E-state index contributed by atoms with van der Waals surface area (Å²) in [6.45, 7) is 1.26. The molecule has 0 aliphatic carbocycles. The van der Waals surface area contributed by atoms with Gasteiger partial charge in [-0.05, 0) is 29.7 Å². The van der Waals surface area contributed by atoms with Crippen LogP contribution in [0.15, 0.2) is 48.5 Å². The first kappa shape index (κ1) is 14.0. The number of aliphatic hydroxyl groups is 1. The standard InChI is InChI=1S/C17H19FN2O/c18-15-7-6-13-8-9-20(16(13)10-15)12-17(21,11-19)14-4-2-1-3-5-14/h1-7,10,21H,8-9,11-12,19H2. The summed E-state index contributed by atoms with van der Waals surface area (Å²) in [4.78, 5) is 2.01. The monoisotopic (exact) mass is 286 g/mol. The molecule has 0 saturated carbocycles. The van der Waals surface area contributed by atoms with Gasteiger partial charge in [-0.15, -0.1) is 0 Å². The third kappa shape index (κ3) is 2.64. The Labute approximate surface area is 123 Å². The number of benzene rings is 2. The van der Waals surface area contributed by atoms with Gasteiger partial charge >= 0.3 is 0 Å². The molecule has 0 aromatic heterocycles. The lowest BCUT2D eigenvalue weighted by Crippen LogP contribution is -2.45. The lowest BCUT2D eigenvalue weighted by Gasteiger charge is -2.33. The molecule has 0 saturated heterocycles. The van der Waals surface area contributed by atoms with Crippen molar-refractivity contribution in [2.45, 2.75) is 12.0 Å². The van der Waals surface area contributed by atoms with Crippen LogP contribution in [0.5, 0.6) is 0 Å². The molecule has 0 radical (unpaired) electrons. The Balaban J connectivity index is 1.88. The number of rotatable bonds is 4. The molecule has 1 atom stereocenters. The zero-order valence-electron chi connectivity index (χ0n) is 11.8. The summed E-state index contributed by atoms with van der Waals surface area (Å²) in [5.41, 5.74) is 7.45. The average Bonchev–Trinajstić information content (AvgIpc) is 2.90. The number of β-amino-alcohol motifs (C(OH)–C–C–N with tert-alkyl or cyclic N) is 1. The SMILES string of the molecule is NCC(O)(CN1CCc2ccc(F)cc21)c1ccccc1. The molecule has 1 heterocycles. The fourth-order valence-corrected chi connectivity index (χ4v) is 2.92. The highest BCUT2D eigenvalue weighted by atomic mass is 19.1. The second kappa shape index (κ2) is 5.47. The normalized spacial score (nSPS) is 16.6. The minimum atomic E-state index is -1.13. The van der Waals surface area contributed by atoms with Crippen molar-refractivity contribution in [2.75, 3.05) is 24.5 Å². The molecule has 110 valence electrons. The predicted octanol–water partition coefficient (Wildman–Crippen LogP) is 2.03. The van der Waals surface area contributed by atoms with Gasteiger partial charge in [0.2, 0.25) is 0 Å². The molecule has 2 aromatic rings. The Hall–Kier alpha value is -1.91. The van der Waals surface area contributed by atoms with E-state index in [9.17, 15) is 9.50 Å². The molecule has 1 unspecified atom stereocenters. The first-order chi connectivity index (χ1) is 10.1. The fraction of sp³-hybridized carbons (Fsp3) is 0.294. The number of hydrogen-bond acceptors (Lipinski definition) is 3. The van der Waals surface area contributed by atoms with E-state index in [2.05, 4.69) is 0 Å². The summed E-state index contributed by atoms with van der Waals surface area (Å²) in [5.74, 6) is -0.253. The maximum Gasteiger partial charge on any atom is 0.125 e. The summed E-state index contributed by atoms with van der Waals surface area (Å²) < 4.78 is 13.5. The van der Waals surface area contributed by atoms with E-state index in [1.807, 2.05) is 41.3 Å². The van der Waals surface area contributed by atoms with Crippen molar-refractivity contribution in [3.8, 4) is 0 Å². The van der Waals surface area contributed by atoms with Crippen molar-refractivity contribution in [3.63, 3.8) is 0 Å². The topological polar surface area (TPSA) is 49.5 Å². The number of nitrogens with zero attached hydrogens (tertiary/aromatic N) is 1. The number of hydrogen-bond donors (Lipinski definition) is 2. The Morgan fingerprint density at radius 1 is 1.19 bits per heavy atom. The van der Waals surface area contributed by atoms with Crippen molar-refractivity contribution in [2.24, 2.45) is 5.73 Å². The lowest BCUT2D eigenvalue weighted by molar-refractivity contribution is 0.0535. The molecule has 0 bridgehead atoms. The second-order valence-corrected chi connectivity index (χ2v) is 5.55. The maximum atomic E-state index is 13.5. The second-order valence-electron chi connectivity index (χ2n) is 5.55. The van der Waals surface area contributed by atoms with Gasteiger partial charge in [0.1, 0.15) is 11.4 Å². The van der Waals surface area contributed by atoms with E-state index < -0.39 is 5.60 Å². The van der Waals surface area contributed by atoms with Gasteiger partial charge in [-0.1, -0.05) is 36.4 Å². The Morgan fingerprint density at radius 3 is 2.67 bits per heavy atom. The molecular formula is C17H19FN2O. The van der Waals surface area contributed by atoms with E-state index in [0.29, 0.717) is 6.54 Å². The van der Waals surface area contributed by atoms with Crippen LogP contribution >= 0.6 is 0 Å². The molecule has 4 heteroatoms. The van der Waals surface area contributed by atoms with Crippen molar-refractivity contribution in [1.82, 2.24) is 0 Å². The molecule has 3 rings (SSSR count). The fourth-order valence-electron chi connectivity index (χ4n) is 2.92. The zero-order valence-corrected chi connectivity index (χ0v) is 11.8. The quantitative estimate of drug-likeness (QED) is 0.904. The summed E-state index contributed by atoms with van der Waals surface area (Å²) in [7, 11) is 0. The molecule has 0 spiro atoms. The van der Waals surface area contributed by atoms with E-state index in [1.54, 1.807) is 0 Å². The van der Waals surface area contributed by atoms with Crippen LogP contribution in [0.4, 0.5) is 10.1 Å². The maximum absolute atomic E-state index is 13.5. The summed E-state index contributed by atoms with van der Waals surface area (Å²) >= 11 is 0. The molecule has 0 amide bonds. The molecule has 0 fully saturated rings. The van der Waals surface area contributed by atoms with Crippen molar-refractivity contribution in [3.05, 3.63) is 65.5 Å². The molecule has 3 nitrogen and oxygen atoms in total. The Bertz CT molecular complexity index is 632. The molecule has 2 aromatic carbocycles. The van der Waals surface area contributed by atoms with Crippen LogP contribution < -0.4 is 10.6 Å². The highest BCUT2D eigenvalue weighted by molar-refractivity contribution is 5.58. The minimum Gasteiger partial charge on any atom is -0.382 e. The largest absolute Gasteiger partial charge is 0.382 e. The van der Waals surface area contributed by atoms with Gasteiger partial charge in [-0.2, -0.15) is 0 Å². The molecule has 1 aliphatic heterocycles. The number of fused-ring (bicyclic) bond motifs is 1. The zero-order chi connectivity index (χ0) is 14.9. The van der Waals surface area contributed by atoms with E-state index in [-0.39, 0.29) is 12.4 Å². The highest BCUT2D eigenvalue weighted by Crippen LogP contribution is 2.32. The van der Waals surface area contributed by atoms with Gasteiger partial charge in [0.15, 0.2) is 0 Å². The Morgan fingerprint density at radius 2 is 1.95 bits per heavy atom. The summed E-state index contributed by atoms with van der Waals surface area (Å²) in [6.07, 6.45) is 0.866. The van der Waals surface area contributed by atoms with E-state index in [4.69, 9.17) is 5.73 Å². The minimum absolute atomic E-state index is 0.123. The third-order valence-electron chi connectivity index (χ3n) is 4.14. The summed E-state index contributed by atoms with van der Waals surface area (Å²) in [6, 6.07) is 14.2. The highest BCUT2D eigenvalue weighted by Gasteiger charge is 2.32. The van der Waals surface area contributed by atoms with Gasteiger partial charge in [-0.3, -0.25) is 0 Å². The van der Waals surface area contributed by atoms with Gasteiger partial charge in [0, 0.05) is 18.8 Å². The van der Waals surface area contributed by atoms with Crippen LogP contribution in [0.3, 0.4) is 0 Å². The predicted molar refractivity (Wildman–Crippen MR) is 81.7 cm³/mol. The first-order valence-electron chi connectivity index (χ1n) is 7.14. The van der Waals surface area contributed by atoms with Crippen LogP contribution in [0, 0.1) is 5.82 Å². The van der Waals surface area contributed by atoms with Crippen molar-refractivity contribution in [1.29, 1.82) is 0 Å². The van der Waals surface area contributed by atoms with Crippen LogP contribution in [-0.4, -0.2) is 24.7 Å². The number of nitrogens with two attached hydrogens (primary N) is 1. The van der Waals surface area contributed by atoms with E-state index in [0.717, 1.165) is 29.8 Å². The van der Waals surface area contributed by atoms with Gasteiger partial charge in [-0.25, -0.2) is 4.39 Å². The molecule has 21 heavy (non-hydrogen) atoms. The average molecular weight is 286 g/mol. The van der Waals surface area contributed by atoms with Gasteiger partial charge in [0.05, 0.1) is 6.54 Å². The van der Waals surface area contributed by atoms with Crippen LogP contribution in [0.2, 0.25) is 0 Å². The molecule has 1 aliphatic rings. The lowest BCUT2D eigenvalue weighted by atomic mass is 9.93. The number of anilines is 1. The molecule has 3 N–H and O–H groups in total. The van der Waals surface area contributed by atoms with Crippen LogP contribution in [0.1, 0.15) is 11.1 Å². The smallest absolute Gasteiger partial charge is 0.125 e. The summed E-state index contributed by atoms with van der Waals surface area (Å²) in [5, 5.41) is 10.9. The van der Waals surface area contributed by atoms with Crippen LogP contribution in [0.25, 0.3) is 0 Å². The number of halogens is 1.